The lowest BCUT2D eigenvalue weighted by molar-refractivity contribution is -0.137. The van der Waals surface area contributed by atoms with Crippen LogP contribution < -0.4 is 11.1 Å². The Bertz CT molecular complexity index is 192. The van der Waals surface area contributed by atoms with Crippen LogP contribution in [-0.2, 0) is 9.59 Å². The quantitative estimate of drug-likeness (QED) is 0.552. The van der Waals surface area contributed by atoms with Gasteiger partial charge in [0.1, 0.15) is 0 Å². The van der Waals surface area contributed by atoms with E-state index in [-0.39, 0.29) is 18.4 Å². The molecule has 0 fully saturated rings. The molecule has 0 aromatic heterocycles. The van der Waals surface area contributed by atoms with Crippen molar-refractivity contribution >= 4 is 11.9 Å². The van der Waals surface area contributed by atoms with E-state index >= 15 is 0 Å². The summed E-state index contributed by atoms with van der Waals surface area (Å²) in [4.78, 5) is 21.2. The number of nitrogens with two attached hydrogens (primary N) is 1. The summed E-state index contributed by atoms with van der Waals surface area (Å²) in [5.74, 6) is -1.11. The highest BCUT2D eigenvalue weighted by Crippen LogP contribution is 1.96. The highest BCUT2D eigenvalue weighted by molar-refractivity contribution is 5.81. The molecule has 2 atom stereocenters. The number of hydrogen-bond donors (Lipinski definition) is 3. The van der Waals surface area contributed by atoms with Gasteiger partial charge in [0, 0.05) is 12.5 Å². The average Bonchev–Trinajstić information content (AvgIpc) is 2.00. The van der Waals surface area contributed by atoms with Gasteiger partial charge in [0.05, 0.1) is 6.04 Å². The van der Waals surface area contributed by atoms with Gasteiger partial charge in [0.2, 0.25) is 5.91 Å². The summed E-state index contributed by atoms with van der Waals surface area (Å²) < 4.78 is 0. The summed E-state index contributed by atoms with van der Waals surface area (Å²) >= 11 is 0. The van der Waals surface area contributed by atoms with Gasteiger partial charge in [-0.05, 0) is 20.3 Å². The largest absolute Gasteiger partial charge is 0.481 e. The van der Waals surface area contributed by atoms with Crippen LogP contribution in [0.4, 0.5) is 0 Å². The third-order valence-electron chi connectivity index (χ3n) is 1.59. The van der Waals surface area contributed by atoms with E-state index in [2.05, 4.69) is 5.32 Å². The van der Waals surface area contributed by atoms with Crippen molar-refractivity contribution in [3.63, 3.8) is 0 Å². The number of carbonyl (C=O) groups is 2. The van der Waals surface area contributed by atoms with Crippen LogP contribution in [0.5, 0.6) is 0 Å². The minimum absolute atomic E-state index is 0.0560. The fourth-order valence-electron chi connectivity index (χ4n) is 0.786. The summed E-state index contributed by atoms with van der Waals surface area (Å²) in [6.45, 7) is 3.34. The van der Waals surface area contributed by atoms with E-state index in [4.69, 9.17) is 10.8 Å². The highest BCUT2D eigenvalue weighted by Gasteiger charge is 2.11. The Kier molecular flexibility index (Phi) is 5.06. The van der Waals surface area contributed by atoms with Crippen molar-refractivity contribution < 1.29 is 14.7 Å². The van der Waals surface area contributed by atoms with Gasteiger partial charge < -0.3 is 16.2 Å². The minimum atomic E-state index is -0.859. The maximum Gasteiger partial charge on any atom is 0.303 e. The number of aliphatic carboxylic acids is 1. The molecule has 0 bridgehead atoms. The first-order valence-electron chi connectivity index (χ1n) is 4.21. The standard InChI is InChI=1S/C8H16N2O3/c1-5(3-4-7(11)12)10-8(13)6(2)9/h5-6H,3-4,9H2,1-2H3,(H,10,13)(H,11,12)/t5?,6-/m0/s1. The molecule has 5 heteroatoms. The molecule has 0 aliphatic carbocycles. The van der Waals surface area contributed by atoms with E-state index in [1.165, 1.54) is 0 Å². The number of carbonyl (C=O) groups excluding carboxylic acids is 1. The molecule has 1 unspecified atom stereocenters. The summed E-state index contributed by atoms with van der Waals surface area (Å²) in [5, 5.41) is 11.0. The van der Waals surface area contributed by atoms with Crippen molar-refractivity contribution in [2.75, 3.05) is 0 Å². The smallest absolute Gasteiger partial charge is 0.303 e. The Morgan fingerprint density at radius 3 is 2.38 bits per heavy atom. The zero-order chi connectivity index (χ0) is 10.4. The molecule has 0 aromatic carbocycles. The summed E-state index contributed by atoms with van der Waals surface area (Å²) in [7, 11) is 0. The lowest BCUT2D eigenvalue weighted by atomic mass is 10.2. The van der Waals surface area contributed by atoms with Crippen LogP contribution in [0.15, 0.2) is 0 Å². The van der Waals surface area contributed by atoms with Crippen molar-refractivity contribution in [2.45, 2.75) is 38.8 Å². The second kappa shape index (κ2) is 5.53. The number of amides is 1. The summed E-state index contributed by atoms with van der Waals surface area (Å²) in [6, 6.07) is -0.693. The van der Waals surface area contributed by atoms with Gasteiger partial charge in [0.25, 0.3) is 0 Å². The Labute approximate surface area is 77.3 Å². The molecule has 4 N–H and O–H groups in total. The maximum atomic E-state index is 11.0. The van der Waals surface area contributed by atoms with Crippen molar-refractivity contribution in [3.8, 4) is 0 Å². The second-order valence-corrected chi connectivity index (χ2v) is 3.13. The Hall–Kier alpha value is -1.10. The molecule has 0 spiro atoms. The summed E-state index contributed by atoms with van der Waals surface area (Å²) in [5.41, 5.74) is 5.31. The van der Waals surface area contributed by atoms with E-state index in [9.17, 15) is 9.59 Å². The predicted molar refractivity (Wildman–Crippen MR) is 48.1 cm³/mol. The fourth-order valence-corrected chi connectivity index (χ4v) is 0.786. The Morgan fingerprint density at radius 1 is 1.46 bits per heavy atom. The van der Waals surface area contributed by atoms with Crippen LogP contribution >= 0.6 is 0 Å². The van der Waals surface area contributed by atoms with Gasteiger partial charge in [-0.25, -0.2) is 0 Å². The average molecular weight is 188 g/mol. The minimum Gasteiger partial charge on any atom is -0.481 e. The molecule has 0 saturated carbocycles. The van der Waals surface area contributed by atoms with E-state index in [0.29, 0.717) is 6.42 Å². The van der Waals surface area contributed by atoms with Gasteiger partial charge in [-0.1, -0.05) is 0 Å². The van der Waals surface area contributed by atoms with Crippen LogP contribution in [-0.4, -0.2) is 29.1 Å². The molecule has 1 amide bonds. The lowest BCUT2D eigenvalue weighted by Crippen LogP contribution is -2.42. The molecule has 0 heterocycles. The van der Waals surface area contributed by atoms with Crippen molar-refractivity contribution in [2.24, 2.45) is 5.73 Å². The monoisotopic (exact) mass is 188 g/mol. The predicted octanol–water partition coefficient (Wildman–Crippen LogP) is -0.297. The van der Waals surface area contributed by atoms with Gasteiger partial charge in [-0.3, -0.25) is 9.59 Å². The molecule has 0 aromatic rings. The number of hydrogen-bond acceptors (Lipinski definition) is 3. The zero-order valence-electron chi connectivity index (χ0n) is 7.91. The second-order valence-electron chi connectivity index (χ2n) is 3.13. The number of rotatable bonds is 5. The topological polar surface area (TPSA) is 92.4 Å². The zero-order valence-corrected chi connectivity index (χ0v) is 7.91. The molecule has 0 aliphatic heterocycles. The molecule has 0 aliphatic rings. The van der Waals surface area contributed by atoms with Crippen LogP contribution in [0.2, 0.25) is 0 Å². The third kappa shape index (κ3) is 6.10. The fraction of sp³-hybridized carbons (Fsp3) is 0.750. The first kappa shape index (κ1) is 11.9. The highest BCUT2D eigenvalue weighted by atomic mass is 16.4. The van der Waals surface area contributed by atoms with E-state index in [1.54, 1.807) is 13.8 Å². The van der Waals surface area contributed by atoms with Crippen LogP contribution in [0, 0.1) is 0 Å². The van der Waals surface area contributed by atoms with Crippen LogP contribution in [0.1, 0.15) is 26.7 Å². The molecular weight excluding hydrogens is 172 g/mol. The van der Waals surface area contributed by atoms with Crippen molar-refractivity contribution in [1.29, 1.82) is 0 Å². The SMILES string of the molecule is CC(CCC(=O)O)NC(=O)[C@H](C)N. The molecule has 0 radical (unpaired) electrons. The Balaban J connectivity index is 3.68. The van der Waals surface area contributed by atoms with Crippen molar-refractivity contribution in [1.82, 2.24) is 5.32 Å². The molecule has 5 nitrogen and oxygen atoms in total. The van der Waals surface area contributed by atoms with Crippen molar-refractivity contribution in [3.05, 3.63) is 0 Å². The van der Waals surface area contributed by atoms with Crippen LogP contribution in [0.25, 0.3) is 0 Å². The Morgan fingerprint density at radius 2 is 2.00 bits per heavy atom. The van der Waals surface area contributed by atoms with E-state index in [0.717, 1.165) is 0 Å². The van der Waals surface area contributed by atoms with E-state index < -0.39 is 12.0 Å². The number of nitrogens with one attached hydrogen (secondary N) is 1. The lowest BCUT2D eigenvalue weighted by Gasteiger charge is -2.14. The van der Waals surface area contributed by atoms with Gasteiger partial charge in [-0.2, -0.15) is 0 Å². The molecule has 0 saturated heterocycles. The van der Waals surface area contributed by atoms with Crippen LogP contribution in [0.3, 0.4) is 0 Å². The number of carboxylic acids is 1. The molecule has 13 heavy (non-hydrogen) atoms. The van der Waals surface area contributed by atoms with Gasteiger partial charge in [0.15, 0.2) is 0 Å². The molecule has 0 rings (SSSR count). The van der Waals surface area contributed by atoms with E-state index in [1.807, 2.05) is 0 Å². The molecule has 76 valence electrons. The first-order chi connectivity index (χ1) is 5.93. The maximum absolute atomic E-state index is 11.0. The molecular formula is C8H16N2O3. The van der Waals surface area contributed by atoms with Gasteiger partial charge >= 0.3 is 5.97 Å². The first-order valence-corrected chi connectivity index (χ1v) is 4.21. The summed E-state index contributed by atoms with van der Waals surface area (Å²) in [6.07, 6.45) is 0.480. The number of carboxylic acid groups (broad SMARTS) is 1. The third-order valence-corrected chi connectivity index (χ3v) is 1.59. The van der Waals surface area contributed by atoms with Gasteiger partial charge in [-0.15, -0.1) is 0 Å². The normalized spacial score (nSPS) is 14.7.